The van der Waals surface area contributed by atoms with Gasteiger partial charge in [0.2, 0.25) is 0 Å². The summed E-state index contributed by atoms with van der Waals surface area (Å²) >= 11 is 0. The molecule has 0 heterocycles. The number of benzene rings is 1. The lowest BCUT2D eigenvalue weighted by Crippen LogP contribution is -2.48. The van der Waals surface area contributed by atoms with Crippen LogP contribution in [0.4, 0.5) is 0 Å². The Morgan fingerprint density at radius 3 is 1.95 bits per heavy atom. The van der Waals surface area contributed by atoms with Crippen LogP contribution in [0.5, 0.6) is 5.75 Å². The molecule has 4 aliphatic rings. The lowest BCUT2D eigenvalue weighted by atomic mass is 9.48. The second-order valence-corrected chi connectivity index (χ2v) is 6.94. The average Bonchev–Trinajstić information content (AvgIpc) is 2.38. The number of hydrogen-bond acceptors (Lipinski definition) is 2. The van der Waals surface area contributed by atoms with Gasteiger partial charge in [-0.3, -0.25) is 4.79 Å². The Kier molecular flexibility index (Phi) is 2.48. The van der Waals surface area contributed by atoms with Crippen LogP contribution in [-0.4, -0.2) is 6.47 Å². The van der Waals surface area contributed by atoms with E-state index in [1.807, 2.05) is 12.1 Å². The quantitative estimate of drug-likeness (QED) is 0.771. The summed E-state index contributed by atoms with van der Waals surface area (Å²) in [6.07, 6.45) is 8.58. The van der Waals surface area contributed by atoms with Crippen LogP contribution in [0.3, 0.4) is 0 Å². The van der Waals surface area contributed by atoms with Gasteiger partial charge in [-0.1, -0.05) is 12.1 Å². The molecule has 5 rings (SSSR count). The fourth-order valence-electron chi connectivity index (χ4n) is 5.41. The van der Waals surface area contributed by atoms with Gasteiger partial charge < -0.3 is 4.74 Å². The highest BCUT2D eigenvalue weighted by molar-refractivity contribution is 5.46. The third-order valence-electron chi connectivity index (χ3n) is 5.69. The largest absolute Gasteiger partial charge is 0.429 e. The maximum absolute atomic E-state index is 10.4. The number of carbonyl (C=O) groups excluding carboxylic acids is 1. The summed E-state index contributed by atoms with van der Waals surface area (Å²) in [7, 11) is 0. The SMILES string of the molecule is O=COc1ccc(C23CC4CC(CC(C4)C2)C3)cc1. The van der Waals surface area contributed by atoms with Gasteiger partial charge in [-0.05, 0) is 79.4 Å². The highest BCUT2D eigenvalue weighted by atomic mass is 16.5. The zero-order valence-corrected chi connectivity index (χ0v) is 11.2. The molecule has 4 saturated carbocycles. The zero-order valence-electron chi connectivity index (χ0n) is 11.2. The van der Waals surface area contributed by atoms with Gasteiger partial charge in [-0.2, -0.15) is 0 Å². The van der Waals surface area contributed by atoms with E-state index in [2.05, 4.69) is 12.1 Å². The van der Waals surface area contributed by atoms with E-state index in [9.17, 15) is 4.79 Å². The van der Waals surface area contributed by atoms with E-state index >= 15 is 0 Å². The van der Waals surface area contributed by atoms with E-state index in [1.165, 1.54) is 44.1 Å². The van der Waals surface area contributed by atoms with Crippen molar-refractivity contribution in [2.24, 2.45) is 17.8 Å². The first-order chi connectivity index (χ1) is 9.27. The predicted octanol–water partition coefficient (Wildman–Crippen LogP) is 3.69. The Hall–Kier alpha value is -1.31. The molecule has 0 aromatic heterocycles. The normalized spacial score (nSPS) is 39.3. The number of ether oxygens (including phenoxy) is 1. The van der Waals surface area contributed by atoms with Crippen molar-refractivity contribution in [3.05, 3.63) is 29.8 Å². The topological polar surface area (TPSA) is 26.3 Å². The molecule has 4 bridgehead atoms. The van der Waals surface area contributed by atoms with E-state index in [-0.39, 0.29) is 0 Å². The molecule has 0 unspecified atom stereocenters. The molecule has 0 spiro atoms. The monoisotopic (exact) mass is 256 g/mol. The van der Waals surface area contributed by atoms with Crippen LogP contribution in [0.1, 0.15) is 44.1 Å². The van der Waals surface area contributed by atoms with E-state index in [1.54, 1.807) is 0 Å². The molecule has 2 nitrogen and oxygen atoms in total. The highest BCUT2D eigenvalue weighted by Gasteiger charge is 2.51. The van der Waals surface area contributed by atoms with Crippen LogP contribution >= 0.6 is 0 Å². The molecule has 4 fully saturated rings. The van der Waals surface area contributed by atoms with E-state index in [0.717, 1.165) is 17.8 Å². The summed E-state index contributed by atoms with van der Waals surface area (Å²) in [5, 5.41) is 0. The van der Waals surface area contributed by atoms with Crippen LogP contribution in [0.15, 0.2) is 24.3 Å². The smallest absolute Gasteiger partial charge is 0.298 e. The molecule has 0 saturated heterocycles. The predicted molar refractivity (Wildman–Crippen MR) is 73.0 cm³/mol. The minimum atomic E-state index is 0.439. The van der Waals surface area contributed by atoms with Gasteiger partial charge in [0.15, 0.2) is 0 Å². The van der Waals surface area contributed by atoms with Gasteiger partial charge in [-0.15, -0.1) is 0 Å². The minimum absolute atomic E-state index is 0.439. The zero-order chi connectivity index (χ0) is 12.9. The van der Waals surface area contributed by atoms with Crippen molar-refractivity contribution >= 4 is 6.47 Å². The molecule has 100 valence electrons. The van der Waals surface area contributed by atoms with E-state index in [0.29, 0.717) is 17.6 Å². The first kappa shape index (κ1) is 11.5. The molecule has 1 aromatic carbocycles. The molecule has 4 aliphatic carbocycles. The molecule has 0 aliphatic heterocycles. The Morgan fingerprint density at radius 2 is 1.47 bits per heavy atom. The Bertz CT molecular complexity index is 453. The lowest BCUT2D eigenvalue weighted by Gasteiger charge is -2.57. The summed E-state index contributed by atoms with van der Waals surface area (Å²) in [5.41, 5.74) is 1.92. The second-order valence-electron chi connectivity index (χ2n) is 6.94. The highest BCUT2D eigenvalue weighted by Crippen LogP contribution is 2.60. The molecule has 0 radical (unpaired) electrons. The molecule has 19 heavy (non-hydrogen) atoms. The van der Waals surface area contributed by atoms with Crippen LogP contribution < -0.4 is 4.74 Å². The molecule has 0 atom stereocenters. The van der Waals surface area contributed by atoms with Crippen molar-refractivity contribution in [2.75, 3.05) is 0 Å². The fraction of sp³-hybridized carbons (Fsp3) is 0.588. The summed E-state index contributed by atoms with van der Waals surface area (Å²) in [6.45, 7) is 0.500. The molecule has 0 N–H and O–H groups in total. The molecule has 1 aromatic rings. The second kappa shape index (κ2) is 4.09. The number of carbonyl (C=O) groups is 1. The van der Waals surface area contributed by atoms with Crippen LogP contribution in [0.2, 0.25) is 0 Å². The van der Waals surface area contributed by atoms with Gasteiger partial charge in [0, 0.05) is 0 Å². The Morgan fingerprint density at radius 1 is 0.947 bits per heavy atom. The maximum atomic E-state index is 10.4. The first-order valence-corrected chi connectivity index (χ1v) is 7.48. The van der Waals surface area contributed by atoms with E-state index in [4.69, 9.17) is 4.74 Å². The van der Waals surface area contributed by atoms with Gasteiger partial charge in [0.1, 0.15) is 5.75 Å². The van der Waals surface area contributed by atoms with Gasteiger partial charge >= 0.3 is 0 Å². The van der Waals surface area contributed by atoms with Crippen molar-refractivity contribution in [1.82, 2.24) is 0 Å². The van der Waals surface area contributed by atoms with Crippen LogP contribution in [-0.2, 0) is 10.2 Å². The first-order valence-electron chi connectivity index (χ1n) is 7.48. The summed E-state index contributed by atoms with van der Waals surface area (Å²) < 4.78 is 4.90. The van der Waals surface area contributed by atoms with E-state index < -0.39 is 0 Å². The average molecular weight is 256 g/mol. The van der Waals surface area contributed by atoms with Crippen molar-refractivity contribution in [1.29, 1.82) is 0 Å². The Labute approximate surface area is 114 Å². The fourth-order valence-corrected chi connectivity index (χ4v) is 5.41. The van der Waals surface area contributed by atoms with Gasteiger partial charge in [0.05, 0.1) is 0 Å². The maximum Gasteiger partial charge on any atom is 0.298 e. The van der Waals surface area contributed by atoms with Gasteiger partial charge in [0.25, 0.3) is 6.47 Å². The van der Waals surface area contributed by atoms with Crippen molar-refractivity contribution in [2.45, 2.75) is 43.9 Å². The van der Waals surface area contributed by atoms with Crippen molar-refractivity contribution in [3.8, 4) is 5.75 Å². The number of hydrogen-bond donors (Lipinski definition) is 0. The summed E-state index contributed by atoms with van der Waals surface area (Å²) in [6, 6.07) is 8.27. The van der Waals surface area contributed by atoms with Crippen LogP contribution in [0, 0.1) is 17.8 Å². The summed E-state index contributed by atoms with van der Waals surface area (Å²) in [5.74, 6) is 3.56. The Balaban J connectivity index is 1.65. The van der Waals surface area contributed by atoms with Crippen LogP contribution in [0.25, 0.3) is 0 Å². The third-order valence-corrected chi connectivity index (χ3v) is 5.69. The molecular weight excluding hydrogens is 236 g/mol. The standard InChI is InChI=1S/C17H20O2/c18-11-19-16-3-1-15(2-4-16)17-8-12-5-13(9-17)7-14(6-12)10-17/h1-4,11-14H,5-10H2. The molecule has 0 amide bonds. The minimum Gasteiger partial charge on any atom is -0.429 e. The van der Waals surface area contributed by atoms with Gasteiger partial charge in [-0.25, -0.2) is 0 Å². The lowest BCUT2D eigenvalue weighted by molar-refractivity contribution is -0.120. The molecule has 2 heteroatoms. The van der Waals surface area contributed by atoms with Crippen molar-refractivity contribution in [3.63, 3.8) is 0 Å². The number of rotatable bonds is 3. The summed E-state index contributed by atoms with van der Waals surface area (Å²) in [4.78, 5) is 10.4. The molecular formula is C17H20O2. The van der Waals surface area contributed by atoms with Crippen molar-refractivity contribution < 1.29 is 9.53 Å². The third kappa shape index (κ3) is 1.80.